The van der Waals surface area contributed by atoms with E-state index in [1.807, 2.05) is 0 Å². The molecule has 0 bridgehead atoms. The van der Waals surface area contributed by atoms with Crippen LogP contribution in [-0.2, 0) is 9.59 Å². The van der Waals surface area contributed by atoms with Crippen molar-refractivity contribution in [2.75, 3.05) is 18.9 Å². The number of hydrogen-bond donors (Lipinski definition) is 1. The van der Waals surface area contributed by atoms with Gasteiger partial charge in [0.15, 0.2) is 0 Å². The molecule has 17 heavy (non-hydrogen) atoms. The topological polar surface area (TPSA) is 49.4 Å². The van der Waals surface area contributed by atoms with Crippen molar-refractivity contribution in [3.63, 3.8) is 0 Å². The van der Waals surface area contributed by atoms with Crippen molar-refractivity contribution in [3.05, 3.63) is 29.3 Å². The van der Waals surface area contributed by atoms with Crippen LogP contribution in [0.1, 0.15) is 13.3 Å². The van der Waals surface area contributed by atoms with Crippen LogP contribution in [0.25, 0.3) is 0 Å². The van der Waals surface area contributed by atoms with Gasteiger partial charge in [-0.15, -0.1) is 0 Å². The molecule has 2 amide bonds. The summed E-state index contributed by atoms with van der Waals surface area (Å²) in [5.74, 6) is -0.303. The molecule has 1 aromatic carbocycles. The second-order valence-electron chi connectivity index (χ2n) is 3.66. The average molecular weight is 255 g/mol. The molecule has 4 nitrogen and oxygen atoms in total. The van der Waals surface area contributed by atoms with E-state index in [4.69, 9.17) is 11.6 Å². The summed E-state index contributed by atoms with van der Waals surface area (Å²) in [6.45, 7) is 1.80. The number of nitrogens with one attached hydrogen (secondary N) is 1. The van der Waals surface area contributed by atoms with Crippen LogP contribution in [0.15, 0.2) is 24.3 Å². The first-order valence-electron chi connectivity index (χ1n) is 5.32. The van der Waals surface area contributed by atoms with Crippen molar-refractivity contribution in [3.8, 4) is 0 Å². The normalized spacial score (nSPS) is 9.82. The SMILES string of the molecule is CCC(=O)N(C)CC(=O)Nc1cccc(Cl)c1. The highest BCUT2D eigenvalue weighted by Gasteiger charge is 2.10. The Kier molecular flexibility index (Phi) is 4.97. The Hall–Kier alpha value is -1.55. The molecule has 0 aliphatic carbocycles. The van der Waals surface area contributed by atoms with Crippen LogP contribution in [0.3, 0.4) is 0 Å². The number of benzene rings is 1. The molecular weight excluding hydrogens is 240 g/mol. The van der Waals surface area contributed by atoms with Crippen molar-refractivity contribution in [1.82, 2.24) is 4.90 Å². The van der Waals surface area contributed by atoms with Gasteiger partial charge in [-0.2, -0.15) is 0 Å². The van der Waals surface area contributed by atoms with Crippen molar-refractivity contribution < 1.29 is 9.59 Å². The zero-order valence-electron chi connectivity index (χ0n) is 9.87. The Morgan fingerprint density at radius 1 is 1.41 bits per heavy atom. The highest BCUT2D eigenvalue weighted by Crippen LogP contribution is 2.14. The van der Waals surface area contributed by atoms with Crippen LogP contribution in [0.5, 0.6) is 0 Å². The van der Waals surface area contributed by atoms with Crippen LogP contribution in [0.2, 0.25) is 5.02 Å². The van der Waals surface area contributed by atoms with E-state index < -0.39 is 0 Å². The molecule has 0 saturated carbocycles. The zero-order valence-corrected chi connectivity index (χ0v) is 10.6. The minimum atomic E-state index is -0.239. The third-order valence-corrected chi connectivity index (χ3v) is 2.45. The largest absolute Gasteiger partial charge is 0.336 e. The molecule has 0 aliphatic heterocycles. The van der Waals surface area contributed by atoms with Gasteiger partial charge in [-0.3, -0.25) is 9.59 Å². The summed E-state index contributed by atoms with van der Waals surface area (Å²) in [6.07, 6.45) is 0.390. The molecule has 0 saturated heterocycles. The van der Waals surface area contributed by atoms with Gasteiger partial charge in [0.1, 0.15) is 0 Å². The molecule has 0 radical (unpaired) electrons. The zero-order chi connectivity index (χ0) is 12.8. The molecule has 0 aliphatic rings. The summed E-state index contributed by atoms with van der Waals surface area (Å²) < 4.78 is 0. The lowest BCUT2D eigenvalue weighted by molar-refractivity contribution is -0.133. The molecule has 5 heteroatoms. The Balaban J connectivity index is 2.53. The third kappa shape index (κ3) is 4.44. The van der Waals surface area contributed by atoms with Crippen LogP contribution >= 0.6 is 11.6 Å². The van der Waals surface area contributed by atoms with Crippen LogP contribution < -0.4 is 5.32 Å². The van der Waals surface area contributed by atoms with E-state index in [0.29, 0.717) is 17.1 Å². The predicted molar refractivity (Wildman–Crippen MR) is 68.0 cm³/mol. The Bertz CT molecular complexity index is 421. The maximum Gasteiger partial charge on any atom is 0.243 e. The number of rotatable bonds is 4. The first kappa shape index (κ1) is 13.5. The lowest BCUT2D eigenvalue weighted by Gasteiger charge is -2.15. The van der Waals surface area contributed by atoms with E-state index in [9.17, 15) is 9.59 Å². The molecule has 0 spiro atoms. The van der Waals surface area contributed by atoms with Gasteiger partial charge < -0.3 is 10.2 Å². The number of likely N-dealkylation sites (N-methyl/N-ethyl adjacent to an activating group) is 1. The average Bonchev–Trinajstić information content (AvgIpc) is 2.27. The van der Waals surface area contributed by atoms with E-state index in [2.05, 4.69) is 5.32 Å². The standard InChI is InChI=1S/C12H15ClN2O2/c1-3-12(17)15(2)8-11(16)14-10-6-4-5-9(13)7-10/h4-7H,3,8H2,1-2H3,(H,14,16). The second-order valence-corrected chi connectivity index (χ2v) is 4.10. The fourth-order valence-electron chi connectivity index (χ4n) is 1.34. The maximum absolute atomic E-state index is 11.6. The first-order valence-corrected chi connectivity index (χ1v) is 5.70. The molecule has 0 unspecified atom stereocenters. The van der Waals surface area contributed by atoms with Gasteiger partial charge in [0.2, 0.25) is 11.8 Å². The summed E-state index contributed by atoms with van der Waals surface area (Å²) in [7, 11) is 1.60. The van der Waals surface area contributed by atoms with Gasteiger partial charge in [0.05, 0.1) is 6.54 Å². The lowest BCUT2D eigenvalue weighted by atomic mass is 10.3. The molecule has 0 atom stereocenters. The number of carbonyl (C=O) groups is 2. The quantitative estimate of drug-likeness (QED) is 0.895. The fourth-order valence-corrected chi connectivity index (χ4v) is 1.53. The van der Waals surface area contributed by atoms with Crippen molar-refractivity contribution in [2.24, 2.45) is 0 Å². The Morgan fingerprint density at radius 2 is 2.12 bits per heavy atom. The number of hydrogen-bond acceptors (Lipinski definition) is 2. The molecule has 0 aromatic heterocycles. The molecule has 1 rings (SSSR count). The highest BCUT2D eigenvalue weighted by molar-refractivity contribution is 6.30. The predicted octanol–water partition coefficient (Wildman–Crippen LogP) is 2.15. The summed E-state index contributed by atoms with van der Waals surface area (Å²) in [6, 6.07) is 6.87. The monoisotopic (exact) mass is 254 g/mol. The van der Waals surface area contributed by atoms with E-state index in [0.717, 1.165) is 0 Å². The third-order valence-electron chi connectivity index (χ3n) is 2.22. The Labute approximate surface area is 106 Å². The summed E-state index contributed by atoms with van der Waals surface area (Å²) in [5.41, 5.74) is 0.625. The lowest BCUT2D eigenvalue weighted by Crippen LogP contribution is -2.34. The van der Waals surface area contributed by atoms with Gasteiger partial charge >= 0.3 is 0 Å². The fraction of sp³-hybridized carbons (Fsp3) is 0.333. The molecule has 1 N–H and O–H groups in total. The minimum Gasteiger partial charge on any atom is -0.336 e. The summed E-state index contributed by atoms with van der Waals surface area (Å²) in [5, 5.41) is 3.23. The Morgan fingerprint density at radius 3 is 2.71 bits per heavy atom. The molecule has 1 aromatic rings. The van der Waals surface area contributed by atoms with Crippen molar-refractivity contribution >= 4 is 29.1 Å². The number of anilines is 1. The van der Waals surface area contributed by atoms with E-state index in [1.54, 1.807) is 38.2 Å². The summed E-state index contributed by atoms with van der Waals surface area (Å²) >= 11 is 5.79. The van der Waals surface area contributed by atoms with Gasteiger partial charge in [0.25, 0.3) is 0 Å². The van der Waals surface area contributed by atoms with Gasteiger partial charge in [-0.1, -0.05) is 24.6 Å². The summed E-state index contributed by atoms with van der Waals surface area (Å²) in [4.78, 5) is 24.3. The van der Waals surface area contributed by atoms with Gasteiger partial charge in [-0.05, 0) is 18.2 Å². The van der Waals surface area contributed by atoms with Crippen LogP contribution in [0, 0.1) is 0 Å². The maximum atomic E-state index is 11.6. The van der Waals surface area contributed by atoms with Gasteiger partial charge in [-0.25, -0.2) is 0 Å². The minimum absolute atomic E-state index is 0.0409. The number of halogens is 1. The van der Waals surface area contributed by atoms with Crippen LogP contribution in [-0.4, -0.2) is 30.3 Å². The van der Waals surface area contributed by atoms with E-state index in [-0.39, 0.29) is 18.4 Å². The first-order chi connectivity index (χ1) is 8.02. The molecule has 0 fully saturated rings. The number of carbonyl (C=O) groups excluding carboxylic acids is 2. The van der Waals surface area contributed by atoms with Gasteiger partial charge in [0, 0.05) is 24.2 Å². The molecule has 92 valence electrons. The van der Waals surface area contributed by atoms with E-state index in [1.165, 1.54) is 4.90 Å². The number of nitrogens with zero attached hydrogens (tertiary/aromatic N) is 1. The molecular formula is C12H15ClN2O2. The second kappa shape index (κ2) is 6.25. The number of amides is 2. The van der Waals surface area contributed by atoms with Crippen molar-refractivity contribution in [2.45, 2.75) is 13.3 Å². The van der Waals surface area contributed by atoms with Crippen LogP contribution in [0.4, 0.5) is 5.69 Å². The smallest absolute Gasteiger partial charge is 0.243 e. The van der Waals surface area contributed by atoms with Crippen molar-refractivity contribution in [1.29, 1.82) is 0 Å². The molecule has 0 heterocycles. The highest BCUT2D eigenvalue weighted by atomic mass is 35.5. The van der Waals surface area contributed by atoms with E-state index >= 15 is 0 Å².